The van der Waals surface area contributed by atoms with Crippen LogP contribution < -0.4 is 15.8 Å². The van der Waals surface area contributed by atoms with E-state index in [2.05, 4.69) is 9.71 Å². The number of hydrogen-bond acceptors (Lipinski definition) is 6. The number of nitrogens with zero attached hydrogens (tertiary/aromatic N) is 1. The number of nitrogens with one attached hydrogen (secondary N) is 1. The van der Waals surface area contributed by atoms with E-state index in [9.17, 15) is 12.8 Å². The fraction of sp³-hybridized carbons (Fsp3) is 0.458. The lowest BCUT2D eigenvalue weighted by molar-refractivity contribution is 0.0768. The molecule has 0 amide bonds. The van der Waals surface area contributed by atoms with Gasteiger partial charge in [-0.3, -0.25) is 0 Å². The first-order valence-corrected chi connectivity index (χ1v) is 12.3. The Morgan fingerprint density at radius 1 is 1.21 bits per heavy atom. The van der Waals surface area contributed by atoms with E-state index >= 15 is 0 Å². The van der Waals surface area contributed by atoms with Gasteiger partial charge in [0.15, 0.2) is 0 Å². The van der Waals surface area contributed by atoms with E-state index in [0.717, 1.165) is 5.56 Å². The molecule has 9 heteroatoms. The number of hydrogen-bond donors (Lipinski definition) is 2. The van der Waals surface area contributed by atoms with Gasteiger partial charge in [0.2, 0.25) is 0 Å². The smallest absolute Gasteiger partial charge is 0.301 e. The van der Waals surface area contributed by atoms with Crippen LogP contribution in [0.3, 0.4) is 0 Å². The molecule has 0 aliphatic carbocycles. The maximum atomic E-state index is 14.1. The van der Waals surface area contributed by atoms with E-state index in [1.54, 1.807) is 51.1 Å². The van der Waals surface area contributed by atoms with Crippen LogP contribution >= 0.6 is 0 Å². The minimum absolute atomic E-state index is 0.139. The Morgan fingerprint density at radius 3 is 2.42 bits per heavy atom. The largest absolute Gasteiger partial charge is 0.492 e. The third kappa shape index (κ3) is 6.45. The second kappa shape index (κ2) is 9.30. The van der Waals surface area contributed by atoms with Crippen molar-refractivity contribution in [3.63, 3.8) is 0 Å². The van der Waals surface area contributed by atoms with Gasteiger partial charge in [0, 0.05) is 11.1 Å². The minimum Gasteiger partial charge on any atom is -0.492 e. The third-order valence-electron chi connectivity index (χ3n) is 5.37. The summed E-state index contributed by atoms with van der Waals surface area (Å²) in [6, 6.07) is 12.8. The number of ether oxygens (including phenoxy) is 2. The minimum atomic E-state index is -3.90. The molecule has 0 unspecified atom stereocenters. The molecular formula is C24H32FN3O4S. The quantitative estimate of drug-likeness (QED) is 0.630. The fourth-order valence-corrected chi connectivity index (χ4v) is 5.19. The number of nitrogens with two attached hydrogens (primary N) is 1. The topological polar surface area (TPSA) is 103 Å². The molecule has 3 N–H and O–H groups in total. The zero-order valence-corrected chi connectivity index (χ0v) is 20.4. The summed E-state index contributed by atoms with van der Waals surface area (Å²) in [6.45, 7) is 9.24. The molecule has 3 rings (SSSR count). The Hall–Kier alpha value is -2.65. The summed E-state index contributed by atoms with van der Waals surface area (Å²) in [5.41, 5.74) is 5.62. The molecule has 0 bridgehead atoms. The van der Waals surface area contributed by atoms with Crippen LogP contribution in [-0.4, -0.2) is 37.4 Å². The van der Waals surface area contributed by atoms with Crippen LogP contribution in [0, 0.1) is 5.82 Å². The number of sulfonamides is 1. The van der Waals surface area contributed by atoms with Gasteiger partial charge >= 0.3 is 6.02 Å². The van der Waals surface area contributed by atoms with E-state index in [1.807, 2.05) is 26.0 Å². The van der Waals surface area contributed by atoms with Gasteiger partial charge in [-0.25, -0.2) is 12.8 Å². The number of amidine groups is 1. The van der Waals surface area contributed by atoms with Crippen molar-refractivity contribution in [3.8, 4) is 5.75 Å². The maximum absolute atomic E-state index is 14.1. The normalized spacial score (nSPS) is 20.3. The molecule has 1 aliphatic rings. The van der Waals surface area contributed by atoms with Crippen LogP contribution in [0.5, 0.6) is 5.75 Å². The monoisotopic (exact) mass is 477 g/mol. The summed E-state index contributed by atoms with van der Waals surface area (Å²) in [5, 5.41) is 1.99. The number of benzene rings is 2. The van der Waals surface area contributed by atoms with Gasteiger partial charge in [0.1, 0.15) is 29.0 Å². The Balaban J connectivity index is 1.74. The van der Waals surface area contributed by atoms with Gasteiger partial charge in [0.25, 0.3) is 10.0 Å². The van der Waals surface area contributed by atoms with Gasteiger partial charge in [0.05, 0.1) is 6.04 Å². The Morgan fingerprint density at radius 2 is 1.85 bits per heavy atom. The first-order valence-electron chi connectivity index (χ1n) is 10.8. The van der Waals surface area contributed by atoms with E-state index in [0.29, 0.717) is 17.9 Å². The molecule has 0 spiro atoms. The molecule has 33 heavy (non-hydrogen) atoms. The Bertz CT molecular complexity index is 1110. The zero-order valence-electron chi connectivity index (χ0n) is 19.6. The highest BCUT2D eigenvalue weighted by Crippen LogP contribution is 2.31. The molecule has 0 saturated heterocycles. The average Bonchev–Trinajstić information content (AvgIpc) is 2.69. The fourth-order valence-electron chi connectivity index (χ4n) is 3.57. The highest BCUT2D eigenvalue weighted by molar-refractivity contribution is 7.91. The van der Waals surface area contributed by atoms with Crippen molar-refractivity contribution in [1.29, 1.82) is 0 Å². The molecule has 180 valence electrons. The van der Waals surface area contributed by atoms with Crippen molar-refractivity contribution in [2.75, 3.05) is 6.61 Å². The van der Waals surface area contributed by atoms with Gasteiger partial charge in [-0.2, -0.15) is 0 Å². The Kier molecular flexibility index (Phi) is 7.04. The van der Waals surface area contributed by atoms with Gasteiger partial charge in [-0.1, -0.05) is 30.3 Å². The van der Waals surface area contributed by atoms with Crippen LogP contribution in [0.15, 0.2) is 52.9 Å². The lowest BCUT2D eigenvalue weighted by atomic mass is 9.97. The summed E-state index contributed by atoms with van der Waals surface area (Å²) < 4.78 is 55.6. The molecule has 0 fully saturated rings. The van der Waals surface area contributed by atoms with Gasteiger partial charge in [-0.15, -0.1) is 4.40 Å². The van der Waals surface area contributed by atoms with E-state index in [-0.39, 0.29) is 12.4 Å². The predicted octanol–water partition coefficient (Wildman–Crippen LogP) is 3.70. The highest BCUT2D eigenvalue weighted by atomic mass is 32.2. The van der Waals surface area contributed by atoms with Crippen molar-refractivity contribution in [3.05, 3.63) is 65.5 Å². The van der Waals surface area contributed by atoms with E-state index in [4.69, 9.17) is 15.2 Å². The first kappa shape index (κ1) is 25.0. The summed E-state index contributed by atoms with van der Waals surface area (Å²) in [7, 11) is -3.90. The number of halogens is 1. The first-order chi connectivity index (χ1) is 15.3. The molecule has 0 saturated carbocycles. The van der Waals surface area contributed by atoms with Crippen LogP contribution in [0.4, 0.5) is 4.39 Å². The van der Waals surface area contributed by atoms with Crippen molar-refractivity contribution in [2.24, 2.45) is 10.1 Å². The summed E-state index contributed by atoms with van der Waals surface area (Å²) in [5.74, 6) is 0.266. The molecule has 2 aromatic rings. The molecule has 2 aromatic carbocycles. The van der Waals surface area contributed by atoms with Crippen molar-refractivity contribution < 1.29 is 22.3 Å². The second-order valence-electron chi connectivity index (χ2n) is 9.62. The molecule has 7 nitrogen and oxygen atoms in total. The predicted molar refractivity (Wildman–Crippen MR) is 127 cm³/mol. The van der Waals surface area contributed by atoms with Crippen LogP contribution in [0.25, 0.3) is 0 Å². The van der Waals surface area contributed by atoms with E-state index in [1.165, 1.54) is 6.07 Å². The van der Waals surface area contributed by atoms with Crippen molar-refractivity contribution in [1.82, 2.24) is 5.32 Å². The lowest BCUT2D eigenvalue weighted by Gasteiger charge is -2.37. The molecule has 1 aliphatic heterocycles. The van der Waals surface area contributed by atoms with Crippen LogP contribution in [0.1, 0.15) is 51.8 Å². The molecular weight excluding hydrogens is 445 g/mol. The number of rotatable bonds is 7. The highest BCUT2D eigenvalue weighted by Gasteiger charge is 2.46. The van der Waals surface area contributed by atoms with Crippen LogP contribution in [-0.2, 0) is 21.2 Å². The maximum Gasteiger partial charge on any atom is 0.301 e. The summed E-state index contributed by atoms with van der Waals surface area (Å²) >= 11 is 0. The Labute approximate surface area is 195 Å². The molecule has 2 atom stereocenters. The van der Waals surface area contributed by atoms with E-state index < -0.39 is 38.3 Å². The SMILES string of the molecule is C[C@H](NC1=NS(=O)(=O)[C@@H](Cc2ccc(OCC(C)(C)N)cc2)C(C)(C)O1)c1ccccc1F. The standard InChI is InChI=1S/C24H32FN3O4S/c1-16(19-8-6-7-9-20(19)25)27-22-28-33(29,30)21(24(4,5)32-22)14-17-10-12-18(13-11-17)31-15-23(2,3)26/h6-13,16,21H,14-15,26H2,1-5H3,(H,27,28)/t16-,21-/m0/s1. The van der Waals surface area contributed by atoms with Gasteiger partial charge in [-0.05, 0) is 64.8 Å². The lowest BCUT2D eigenvalue weighted by Crippen LogP contribution is -2.52. The zero-order chi connectivity index (χ0) is 24.4. The molecule has 0 radical (unpaired) electrons. The second-order valence-corrected chi connectivity index (χ2v) is 11.4. The van der Waals surface area contributed by atoms with Crippen molar-refractivity contribution >= 4 is 16.0 Å². The van der Waals surface area contributed by atoms with Crippen molar-refractivity contribution in [2.45, 2.75) is 63.5 Å². The molecule has 0 aromatic heterocycles. The molecule has 1 heterocycles. The van der Waals surface area contributed by atoms with Crippen LogP contribution in [0.2, 0.25) is 0 Å². The average molecular weight is 478 g/mol. The third-order valence-corrected chi connectivity index (χ3v) is 7.25. The van der Waals surface area contributed by atoms with Gasteiger partial charge < -0.3 is 20.5 Å². The summed E-state index contributed by atoms with van der Waals surface area (Å²) in [4.78, 5) is 0. The summed E-state index contributed by atoms with van der Waals surface area (Å²) in [6.07, 6.45) is 0.220.